The number of hydrogen-bond acceptors (Lipinski definition) is 7. The second kappa shape index (κ2) is 10.6. The number of rotatable bonds is 6. The highest BCUT2D eigenvalue weighted by Crippen LogP contribution is 2.28. The molecule has 3 aromatic rings. The van der Waals surface area contributed by atoms with Crippen molar-refractivity contribution >= 4 is 40.9 Å². The van der Waals surface area contributed by atoms with Crippen molar-refractivity contribution in [1.82, 2.24) is 25.3 Å². The maximum atomic E-state index is 13.1. The Bertz CT molecular complexity index is 1040. The van der Waals surface area contributed by atoms with Crippen molar-refractivity contribution < 1.29 is 4.39 Å². The van der Waals surface area contributed by atoms with E-state index in [-0.39, 0.29) is 5.82 Å². The zero-order valence-corrected chi connectivity index (χ0v) is 19.3. The molecule has 7 nitrogen and oxygen atoms in total. The van der Waals surface area contributed by atoms with Crippen LogP contribution in [0.2, 0.25) is 0 Å². The van der Waals surface area contributed by atoms with Gasteiger partial charge in [-0.2, -0.15) is 4.98 Å². The SMILES string of the molecule is CC1CCN(c2cc(Sc3ncccn3)nc(NC(=S)NCc3ccc(F)cc3)n2)CC1. The van der Waals surface area contributed by atoms with Crippen molar-refractivity contribution in [3.8, 4) is 0 Å². The summed E-state index contributed by atoms with van der Waals surface area (Å²) in [6.07, 6.45) is 5.68. The van der Waals surface area contributed by atoms with Crippen molar-refractivity contribution in [3.05, 3.63) is 60.2 Å². The molecule has 0 amide bonds. The summed E-state index contributed by atoms with van der Waals surface area (Å²) in [6, 6.07) is 10.0. The Morgan fingerprint density at radius 3 is 2.59 bits per heavy atom. The fourth-order valence-electron chi connectivity index (χ4n) is 3.28. The van der Waals surface area contributed by atoms with Crippen LogP contribution in [0.25, 0.3) is 0 Å². The van der Waals surface area contributed by atoms with Gasteiger partial charge >= 0.3 is 0 Å². The molecule has 1 fully saturated rings. The van der Waals surface area contributed by atoms with Crippen LogP contribution in [0.3, 0.4) is 0 Å². The Balaban J connectivity index is 1.48. The summed E-state index contributed by atoms with van der Waals surface area (Å²) in [6.45, 7) is 4.66. The normalized spacial score (nSPS) is 14.2. The van der Waals surface area contributed by atoms with Gasteiger partial charge in [0.05, 0.1) is 0 Å². The molecule has 0 radical (unpaired) electrons. The summed E-state index contributed by atoms with van der Waals surface area (Å²) in [5.41, 5.74) is 0.921. The number of hydrogen-bond donors (Lipinski definition) is 2. The Hall–Kier alpha value is -2.85. The summed E-state index contributed by atoms with van der Waals surface area (Å²) in [5, 5.41) is 7.95. The summed E-state index contributed by atoms with van der Waals surface area (Å²) in [4.78, 5) is 20.1. The number of benzene rings is 1. The molecule has 10 heteroatoms. The molecular weight excluding hydrogens is 445 g/mol. The number of thiocarbonyl (C=S) groups is 1. The first-order valence-corrected chi connectivity index (χ1v) is 11.7. The highest BCUT2D eigenvalue weighted by molar-refractivity contribution is 7.99. The molecule has 1 aromatic carbocycles. The molecule has 1 aliphatic rings. The van der Waals surface area contributed by atoms with E-state index in [4.69, 9.17) is 17.2 Å². The fraction of sp³-hybridized carbons (Fsp3) is 0.318. The number of anilines is 2. The molecule has 0 aliphatic carbocycles. The smallest absolute Gasteiger partial charge is 0.232 e. The summed E-state index contributed by atoms with van der Waals surface area (Å²) >= 11 is 6.81. The van der Waals surface area contributed by atoms with Crippen LogP contribution in [0.15, 0.2) is 59.0 Å². The van der Waals surface area contributed by atoms with Gasteiger partial charge < -0.3 is 15.5 Å². The van der Waals surface area contributed by atoms with Gasteiger partial charge in [0.15, 0.2) is 10.3 Å². The van der Waals surface area contributed by atoms with Gasteiger partial charge in [-0.1, -0.05) is 19.1 Å². The second-order valence-corrected chi connectivity index (χ2v) is 9.02. The van der Waals surface area contributed by atoms with Gasteiger partial charge in [-0.3, -0.25) is 0 Å². The van der Waals surface area contributed by atoms with Gasteiger partial charge in [0.1, 0.15) is 16.7 Å². The number of halogens is 1. The number of piperidine rings is 1. The molecule has 0 saturated carbocycles. The molecule has 0 unspecified atom stereocenters. The molecule has 0 atom stereocenters. The van der Waals surface area contributed by atoms with E-state index in [9.17, 15) is 4.39 Å². The predicted octanol–water partition coefficient (Wildman–Crippen LogP) is 4.28. The van der Waals surface area contributed by atoms with Gasteiger partial charge in [-0.25, -0.2) is 19.3 Å². The van der Waals surface area contributed by atoms with Gasteiger partial charge in [0.25, 0.3) is 0 Å². The molecule has 2 aromatic heterocycles. The molecule has 32 heavy (non-hydrogen) atoms. The van der Waals surface area contributed by atoms with Gasteiger partial charge in [-0.05, 0) is 66.5 Å². The van der Waals surface area contributed by atoms with Crippen LogP contribution >= 0.6 is 24.0 Å². The molecule has 0 bridgehead atoms. The molecule has 4 rings (SSSR count). The van der Waals surface area contributed by atoms with E-state index in [1.807, 2.05) is 6.07 Å². The molecule has 3 heterocycles. The van der Waals surface area contributed by atoms with Gasteiger partial charge in [0, 0.05) is 38.1 Å². The van der Waals surface area contributed by atoms with Crippen LogP contribution in [-0.2, 0) is 6.54 Å². The average molecular weight is 470 g/mol. The standard InChI is InChI=1S/C22H24FN7S2/c1-15-7-11-30(12-8-15)18-13-19(32-22-24-9-2-10-25-22)28-20(27-18)29-21(31)26-14-16-3-5-17(23)6-4-16/h2-6,9-10,13,15H,7-8,11-12,14H2,1H3,(H2,26,27,28,29,31). The van der Waals surface area contributed by atoms with Gasteiger partial charge in [0.2, 0.25) is 5.95 Å². The van der Waals surface area contributed by atoms with E-state index < -0.39 is 0 Å². The molecule has 2 N–H and O–H groups in total. The number of aromatic nitrogens is 4. The van der Waals surface area contributed by atoms with Crippen molar-refractivity contribution in [3.63, 3.8) is 0 Å². The third-order valence-corrected chi connectivity index (χ3v) is 6.18. The van der Waals surface area contributed by atoms with E-state index in [0.29, 0.717) is 22.8 Å². The summed E-state index contributed by atoms with van der Waals surface area (Å²) in [5.74, 6) is 1.73. The van der Waals surface area contributed by atoms with E-state index in [2.05, 4.69) is 37.4 Å². The lowest BCUT2D eigenvalue weighted by atomic mass is 9.99. The van der Waals surface area contributed by atoms with E-state index in [0.717, 1.165) is 48.3 Å². The van der Waals surface area contributed by atoms with Crippen molar-refractivity contribution in [1.29, 1.82) is 0 Å². The van der Waals surface area contributed by atoms with Crippen LogP contribution in [0, 0.1) is 11.7 Å². The second-order valence-electron chi connectivity index (χ2n) is 7.63. The Morgan fingerprint density at radius 1 is 1.16 bits per heavy atom. The number of nitrogens with one attached hydrogen (secondary N) is 2. The first kappa shape index (κ1) is 22.3. The summed E-state index contributed by atoms with van der Waals surface area (Å²) < 4.78 is 13.1. The van der Waals surface area contributed by atoms with Crippen LogP contribution in [0.4, 0.5) is 16.2 Å². The third kappa shape index (κ3) is 6.33. The van der Waals surface area contributed by atoms with Gasteiger partial charge in [-0.15, -0.1) is 0 Å². The Morgan fingerprint density at radius 2 is 1.88 bits per heavy atom. The number of nitrogens with zero attached hydrogens (tertiary/aromatic N) is 5. The first-order chi connectivity index (χ1) is 15.5. The van der Waals surface area contributed by atoms with E-state index >= 15 is 0 Å². The van der Waals surface area contributed by atoms with Crippen molar-refractivity contribution in [2.75, 3.05) is 23.3 Å². The summed E-state index contributed by atoms with van der Waals surface area (Å²) in [7, 11) is 0. The zero-order chi connectivity index (χ0) is 22.3. The predicted molar refractivity (Wildman–Crippen MR) is 128 cm³/mol. The minimum atomic E-state index is -0.265. The van der Waals surface area contributed by atoms with Crippen LogP contribution in [0.5, 0.6) is 0 Å². The van der Waals surface area contributed by atoms with Crippen molar-refractivity contribution in [2.24, 2.45) is 5.92 Å². The van der Waals surface area contributed by atoms with E-state index in [1.54, 1.807) is 30.6 Å². The molecule has 1 aliphatic heterocycles. The quantitative estimate of drug-likeness (QED) is 0.312. The van der Waals surface area contributed by atoms with E-state index in [1.165, 1.54) is 23.9 Å². The highest BCUT2D eigenvalue weighted by atomic mass is 32.2. The van der Waals surface area contributed by atoms with Crippen LogP contribution in [-0.4, -0.2) is 38.1 Å². The van der Waals surface area contributed by atoms with Crippen molar-refractivity contribution in [2.45, 2.75) is 36.5 Å². The Labute approximate surface area is 196 Å². The lowest BCUT2D eigenvalue weighted by Gasteiger charge is -2.31. The Kier molecular flexibility index (Phi) is 7.43. The zero-order valence-electron chi connectivity index (χ0n) is 17.7. The maximum absolute atomic E-state index is 13.1. The van der Waals surface area contributed by atoms with Crippen LogP contribution < -0.4 is 15.5 Å². The lowest BCUT2D eigenvalue weighted by molar-refractivity contribution is 0.436. The third-order valence-electron chi connectivity index (χ3n) is 5.13. The fourth-order valence-corrected chi connectivity index (χ4v) is 4.16. The van der Waals surface area contributed by atoms with Crippen LogP contribution in [0.1, 0.15) is 25.3 Å². The first-order valence-electron chi connectivity index (χ1n) is 10.4. The maximum Gasteiger partial charge on any atom is 0.232 e. The molecule has 166 valence electrons. The molecular formula is C22H24FN7S2. The topological polar surface area (TPSA) is 78.9 Å². The minimum Gasteiger partial charge on any atom is -0.358 e. The lowest BCUT2D eigenvalue weighted by Crippen LogP contribution is -2.34. The largest absolute Gasteiger partial charge is 0.358 e. The molecule has 0 spiro atoms. The highest BCUT2D eigenvalue weighted by Gasteiger charge is 2.19. The monoisotopic (exact) mass is 469 g/mol. The molecule has 1 saturated heterocycles. The minimum absolute atomic E-state index is 0.265. The average Bonchev–Trinajstić information content (AvgIpc) is 2.80.